The van der Waals surface area contributed by atoms with E-state index in [0.29, 0.717) is 5.56 Å². The minimum absolute atomic E-state index is 0.0641. The fraction of sp³-hybridized carbons (Fsp3) is 0.192. The molecule has 4 rings (SSSR count). The highest BCUT2D eigenvalue weighted by atomic mass is 16.6. The van der Waals surface area contributed by atoms with Crippen molar-refractivity contribution >= 4 is 18.0 Å². The SMILES string of the molecule is CN(C(=O)OCC1c2ccccc2-c2ccccc21)[C@@H](Cc1ccc(O)c(C(N)=O)c1)C(=O)O. The van der Waals surface area contributed by atoms with Crippen LogP contribution in [-0.4, -0.2) is 52.8 Å². The van der Waals surface area contributed by atoms with Gasteiger partial charge in [0.2, 0.25) is 0 Å². The highest BCUT2D eigenvalue weighted by molar-refractivity contribution is 5.95. The molecule has 0 aromatic heterocycles. The van der Waals surface area contributed by atoms with E-state index in [1.165, 1.54) is 25.2 Å². The number of fused-ring (bicyclic) bond motifs is 3. The molecule has 1 aliphatic rings. The van der Waals surface area contributed by atoms with Crippen LogP contribution in [0.5, 0.6) is 5.75 Å². The van der Waals surface area contributed by atoms with Crippen LogP contribution >= 0.6 is 0 Å². The molecule has 34 heavy (non-hydrogen) atoms. The molecule has 0 heterocycles. The number of nitrogens with two attached hydrogens (primary N) is 1. The third-order valence-electron chi connectivity index (χ3n) is 6.13. The molecule has 174 valence electrons. The Morgan fingerprint density at radius 3 is 2.15 bits per heavy atom. The lowest BCUT2D eigenvalue weighted by Gasteiger charge is -2.25. The van der Waals surface area contributed by atoms with Crippen LogP contribution in [0.2, 0.25) is 0 Å². The van der Waals surface area contributed by atoms with Crippen molar-refractivity contribution in [2.75, 3.05) is 13.7 Å². The van der Waals surface area contributed by atoms with E-state index in [1.54, 1.807) is 0 Å². The molecule has 0 spiro atoms. The second-order valence-electron chi connectivity index (χ2n) is 8.19. The maximum Gasteiger partial charge on any atom is 0.410 e. The minimum Gasteiger partial charge on any atom is -0.507 e. The van der Waals surface area contributed by atoms with Gasteiger partial charge in [0, 0.05) is 19.4 Å². The number of carbonyl (C=O) groups excluding carboxylic acids is 2. The van der Waals surface area contributed by atoms with Gasteiger partial charge in [-0.25, -0.2) is 9.59 Å². The van der Waals surface area contributed by atoms with E-state index in [9.17, 15) is 24.6 Å². The Labute approximate surface area is 196 Å². The Bertz CT molecular complexity index is 1230. The van der Waals surface area contributed by atoms with Crippen molar-refractivity contribution in [2.24, 2.45) is 5.73 Å². The molecular weight excluding hydrogens is 436 g/mol. The van der Waals surface area contributed by atoms with Crippen LogP contribution in [0.15, 0.2) is 66.7 Å². The van der Waals surface area contributed by atoms with Crippen molar-refractivity contribution in [1.29, 1.82) is 0 Å². The number of primary amides is 1. The van der Waals surface area contributed by atoms with Crippen LogP contribution in [0.25, 0.3) is 11.1 Å². The number of aromatic hydroxyl groups is 1. The first-order valence-electron chi connectivity index (χ1n) is 10.7. The molecule has 8 heteroatoms. The molecule has 0 bridgehead atoms. The topological polar surface area (TPSA) is 130 Å². The molecule has 4 N–H and O–H groups in total. The summed E-state index contributed by atoms with van der Waals surface area (Å²) in [4.78, 5) is 37.3. The first-order valence-corrected chi connectivity index (χ1v) is 10.7. The fourth-order valence-corrected chi connectivity index (χ4v) is 4.34. The first-order chi connectivity index (χ1) is 16.3. The fourth-order valence-electron chi connectivity index (χ4n) is 4.34. The van der Waals surface area contributed by atoms with Gasteiger partial charge < -0.3 is 20.7 Å². The number of hydrogen-bond donors (Lipinski definition) is 3. The van der Waals surface area contributed by atoms with Crippen molar-refractivity contribution in [3.05, 3.63) is 89.0 Å². The molecule has 0 unspecified atom stereocenters. The van der Waals surface area contributed by atoms with Gasteiger partial charge in [0.05, 0.1) is 5.56 Å². The average molecular weight is 460 g/mol. The Kier molecular flexibility index (Phi) is 6.23. The maximum atomic E-state index is 12.8. The van der Waals surface area contributed by atoms with Crippen LogP contribution in [-0.2, 0) is 16.0 Å². The Balaban J connectivity index is 1.49. The second kappa shape index (κ2) is 9.27. The summed E-state index contributed by atoms with van der Waals surface area (Å²) in [5.74, 6) is -2.52. The summed E-state index contributed by atoms with van der Waals surface area (Å²) in [5, 5.41) is 19.5. The monoisotopic (exact) mass is 460 g/mol. The number of phenols is 1. The van der Waals surface area contributed by atoms with Crippen LogP contribution < -0.4 is 5.73 Å². The number of ether oxygens (including phenoxy) is 1. The Hall–Kier alpha value is -4.33. The number of carboxylic acid groups (broad SMARTS) is 1. The van der Waals surface area contributed by atoms with E-state index in [0.717, 1.165) is 27.2 Å². The van der Waals surface area contributed by atoms with Gasteiger partial charge in [-0.2, -0.15) is 0 Å². The number of likely N-dealkylation sites (N-methyl/N-ethyl adjacent to an activating group) is 1. The van der Waals surface area contributed by atoms with Gasteiger partial charge in [0.25, 0.3) is 5.91 Å². The number of rotatable bonds is 7. The standard InChI is InChI=1S/C26H24N2O6/c1-28(22(25(31)32)13-15-10-11-23(29)20(12-15)24(27)30)26(33)34-14-21-18-8-4-2-6-16(18)17-7-3-5-9-19(17)21/h2-12,21-22,29H,13-14H2,1H3,(H2,27,30)(H,31,32)/t22-/m0/s1. The molecule has 0 saturated carbocycles. The third-order valence-corrected chi connectivity index (χ3v) is 6.13. The molecule has 3 aromatic rings. The summed E-state index contributed by atoms with van der Waals surface area (Å²) in [6.07, 6.45) is -0.875. The number of carbonyl (C=O) groups is 3. The normalized spacial score (nSPS) is 13.0. The van der Waals surface area contributed by atoms with Crippen LogP contribution in [0.1, 0.15) is 33.0 Å². The summed E-state index contributed by atoms with van der Waals surface area (Å²) < 4.78 is 5.56. The van der Waals surface area contributed by atoms with Crippen LogP contribution in [0.3, 0.4) is 0 Å². The van der Waals surface area contributed by atoms with Gasteiger partial charge >= 0.3 is 12.1 Å². The maximum absolute atomic E-state index is 12.8. The zero-order valence-electron chi connectivity index (χ0n) is 18.5. The van der Waals surface area contributed by atoms with E-state index in [4.69, 9.17) is 10.5 Å². The van der Waals surface area contributed by atoms with Crippen LogP contribution in [0, 0.1) is 0 Å². The molecule has 1 aliphatic carbocycles. The molecule has 1 atom stereocenters. The summed E-state index contributed by atoms with van der Waals surface area (Å²) >= 11 is 0. The van der Waals surface area contributed by atoms with Crippen LogP contribution in [0.4, 0.5) is 4.79 Å². The summed E-state index contributed by atoms with van der Waals surface area (Å²) in [6.45, 7) is 0.0641. The van der Waals surface area contributed by atoms with Gasteiger partial charge in [-0.1, -0.05) is 54.6 Å². The number of amides is 2. The zero-order valence-corrected chi connectivity index (χ0v) is 18.5. The predicted molar refractivity (Wildman–Crippen MR) is 125 cm³/mol. The Morgan fingerprint density at radius 1 is 1.00 bits per heavy atom. The Morgan fingerprint density at radius 2 is 1.59 bits per heavy atom. The number of hydrogen-bond acceptors (Lipinski definition) is 5. The first kappa shape index (κ1) is 22.8. The summed E-state index contributed by atoms with van der Waals surface area (Å²) in [6, 6.07) is 18.7. The lowest BCUT2D eigenvalue weighted by Crippen LogP contribution is -2.44. The highest BCUT2D eigenvalue weighted by Gasteiger charge is 2.32. The van der Waals surface area contributed by atoms with Crippen molar-refractivity contribution < 1.29 is 29.3 Å². The molecule has 0 aliphatic heterocycles. The van der Waals surface area contributed by atoms with Gasteiger partial charge in [-0.05, 0) is 39.9 Å². The molecule has 2 amide bonds. The summed E-state index contributed by atoms with van der Waals surface area (Å²) in [7, 11) is 1.35. The lowest BCUT2D eigenvalue weighted by molar-refractivity contribution is -0.142. The quantitative estimate of drug-likeness (QED) is 0.496. The predicted octanol–water partition coefficient (Wildman–Crippen LogP) is 3.37. The van der Waals surface area contributed by atoms with E-state index < -0.39 is 24.0 Å². The highest BCUT2D eigenvalue weighted by Crippen LogP contribution is 2.44. The van der Waals surface area contributed by atoms with E-state index in [2.05, 4.69) is 0 Å². The molecular formula is C26H24N2O6. The lowest BCUT2D eigenvalue weighted by atomic mass is 9.98. The van der Waals surface area contributed by atoms with Crippen molar-refractivity contribution in [3.63, 3.8) is 0 Å². The molecule has 0 fully saturated rings. The van der Waals surface area contributed by atoms with Gasteiger partial charge in [0.1, 0.15) is 18.4 Å². The van der Waals surface area contributed by atoms with Gasteiger partial charge in [-0.3, -0.25) is 9.69 Å². The molecule has 3 aromatic carbocycles. The number of carboxylic acids is 1. The van der Waals surface area contributed by atoms with E-state index >= 15 is 0 Å². The third kappa shape index (κ3) is 4.30. The average Bonchev–Trinajstić information content (AvgIpc) is 3.15. The summed E-state index contributed by atoms with van der Waals surface area (Å²) in [5.41, 5.74) is 9.85. The van der Waals surface area contributed by atoms with Gasteiger partial charge in [-0.15, -0.1) is 0 Å². The largest absolute Gasteiger partial charge is 0.507 e. The van der Waals surface area contributed by atoms with E-state index in [1.807, 2.05) is 48.5 Å². The van der Waals surface area contributed by atoms with Crippen molar-refractivity contribution in [2.45, 2.75) is 18.4 Å². The molecule has 0 radical (unpaired) electrons. The van der Waals surface area contributed by atoms with Crippen molar-refractivity contribution in [1.82, 2.24) is 4.90 Å². The van der Waals surface area contributed by atoms with Gasteiger partial charge in [0.15, 0.2) is 0 Å². The zero-order chi connectivity index (χ0) is 24.4. The van der Waals surface area contributed by atoms with E-state index in [-0.39, 0.29) is 30.3 Å². The second-order valence-corrected chi connectivity index (χ2v) is 8.19. The smallest absolute Gasteiger partial charge is 0.410 e. The number of aliphatic carboxylic acids is 1. The molecule has 0 saturated heterocycles. The number of nitrogens with zero attached hydrogens (tertiary/aromatic N) is 1. The van der Waals surface area contributed by atoms with Crippen molar-refractivity contribution in [3.8, 4) is 16.9 Å². The number of benzene rings is 3. The minimum atomic E-state index is -1.25. The molecule has 8 nitrogen and oxygen atoms in total.